The second-order valence-corrected chi connectivity index (χ2v) is 5.41. The summed E-state index contributed by atoms with van der Waals surface area (Å²) in [5.41, 5.74) is 7.26. The lowest BCUT2D eigenvalue weighted by molar-refractivity contribution is -0.123. The zero-order chi connectivity index (χ0) is 14.4. The molecule has 0 aliphatic heterocycles. The van der Waals surface area contributed by atoms with Crippen LogP contribution in [0.5, 0.6) is 0 Å². The summed E-state index contributed by atoms with van der Waals surface area (Å²) >= 11 is 0. The van der Waals surface area contributed by atoms with Gasteiger partial charge >= 0.3 is 0 Å². The third-order valence-corrected chi connectivity index (χ3v) is 3.13. The highest BCUT2D eigenvalue weighted by atomic mass is 16.3. The minimum atomic E-state index is -0.273. The molecule has 0 aliphatic carbocycles. The minimum absolute atomic E-state index is 0.0342. The van der Waals surface area contributed by atoms with Gasteiger partial charge in [0.05, 0.1) is 18.6 Å². The summed E-state index contributed by atoms with van der Waals surface area (Å²) in [6.07, 6.45) is 0.770. The summed E-state index contributed by atoms with van der Waals surface area (Å²) in [6.45, 7) is 5.94. The number of nitrogen functional groups attached to an aromatic ring is 1. The molecule has 1 rings (SSSR count). The highest BCUT2D eigenvalue weighted by Crippen LogP contribution is 2.18. The number of rotatable bonds is 6. The zero-order valence-corrected chi connectivity index (χ0v) is 11.9. The molecular formula is C15H24N2O2. The van der Waals surface area contributed by atoms with Crippen LogP contribution < -0.4 is 11.1 Å². The smallest absolute Gasteiger partial charge is 0.227 e. The molecule has 2 unspecified atom stereocenters. The predicted octanol–water partition coefficient (Wildman–Crippen LogP) is 1.90. The minimum Gasteiger partial charge on any atom is -0.399 e. The van der Waals surface area contributed by atoms with Gasteiger partial charge in [0.2, 0.25) is 5.91 Å². The fraction of sp³-hybridized carbons (Fsp3) is 0.533. The van der Waals surface area contributed by atoms with Crippen LogP contribution in [0, 0.1) is 5.92 Å². The summed E-state index contributed by atoms with van der Waals surface area (Å²) in [5.74, 6) is 0.0788. The van der Waals surface area contributed by atoms with Crippen molar-refractivity contribution in [3.8, 4) is 0 Å². The van der Waals surface area contributed by atoms with E-state index in [4.69, 9.17) is 5.73 Å². The maximum absolute atomic E-state index is 12.1. The molecule has 0 radical (unpaired) electrons. The Bertz CT molecular complexity index is 418. The van der Waals surface area contributed by atoms with Crippen molar-refractivity contribution >= 4 is 11.6 Å². The summed E-state index contributed by atoms with van der Waals surface area (Å²) in [4.78, 5) is 12.1. The molecule has 0 aliphatic rings. The van der Waals surface area contributed by atoms with E-state index in [1.54, 1.807) is 12.1 Å². The monoisotopic (exact) mass is 264 g/mol. The standard InChI is InChI=1S/C15H24N2O2/c1-10(2)7-14(9-18)17-15(19)11(3)12-5-4-6-13(16)8-12/h4-6,8,10-11,14,18H,7,9,16H2,1-3H3,(H,17,19). The topological polar surface area (TPSA) is 75.3 Å². The molecule has 0 saturated heterocycles. The maximum atomic E-state index is 12.1. The number of aliphatic hydroxyl groups is 1. The van der Waals surface area contributed by atoms with Crippen molar-refractivity contribution < 1.29 is 9.90 Å². The van der Waals surface area contributed by atoms with Crippen LogP contribution in [0.1, 0.15) is 38.7 Å². The first-order chi connectivity index (χ1) is 8.93. The third kappa shape index (κ3) is 4.91. The number of aliphatic hydroxyl groups excluding tert-OH is 1. The molecule has 0 bridgehead atoms. The molecule has 0 fully saturated rings. The Kier molecular flexibility index (Phi) is 5.83. The number of carbonyl (C=O) groups is 1. The Labute approximate surface area is 115 Å². The highest BCUT2D eigenvalue weighted by Gasteiger charge is 2.19. The molecule has 1 aromatic carbocycles. The van der Waals surface area contributed by atoms with Gasteiger partial charge in [0.15, 0.2) is 0 Å². The van der Waals surface area contributed by atoms with Gasteiger partial charge in [-0.1, -0.05) is 26.0 Å². The number of anilines is 1. The molecule has 1 aromatic rings. The van der Waals surface area contributed by atoms with Gasteiger partial charge in [-0.25, -0.2) is 0 Å². The molecule has 0 spiro atoms. The lowest BCUT2D eigenvalue weighted by Gasteiger charge is -2.21. The van der Waals surface area contributed by atoms with Crippen LogP contribution in [0.2, 0.25) is 0 Å². The predicted molar refractivity (Wildman–Crippen MR) is 77.7 cm³/mol. The molecule has 0 saturated carbocycles. The first-order valence-electron chi connectivity index (χ1n) is 6.70. The van der Waals surface area contributed by atoms with Crippen LogP contribution >= 0.6 is 0 Å². The molecule has 0 aromatic heterocycles. The number of nitrogens with two attached hydrogens (primary N) is 1. The highest BCUT2D eigenvalue weighted by molar-refractivity contribution is 5.83. The van der Waals surface area contributed by atoms with Crippen molar-refractivity contribution in [1.29, 1.82) is 0 Å². The fourth-order valence-electron chi connectivity index (χ4n) is 2.05. The van der Waals surface area contributed by atoms with Gasteiger partial charge in [0.1, 0.15) is 0 Å². The van der Waals surface area contributed by atoms with Crippen LogP contribution in [0.4, 0.5) is 5.69 Å². The van der Waals surface area contributed by atoms with Gasteiger partial charge in [-0.05, 0) is 37.0 Å². The Morgan fingerprint density at radius 1 is 1.37 bits per heavy atom. The van der Waals surface area contributed by atoms with E-state index in [0.29, 0.717) is 11.6 Å². The van der Waals surface area contributed by atoms with E-state index >= 15 is 0 Å². The van der Waals surface area contributed by atoms with Crippen molar-refractivity contribution in [3.05, 3.63) is 29.8 Å². The van der Waals surface area contributed by atoms with Gasteiger partial charge in [0, 0.05) is 5.69 Å². The Hall–Kier alpha value is -1.55. The van der Waals surface area contributed by atoms with E-state index in [1.165, 1.54) is 0 Å². The van der Waals surface area contributed by atoms with Gasteiger partial charge in [-0.3, -0.25) is 4.79 Å². The van der Waals surface area contributed by atoms with Gasteiger partial charge < -0.3 is 16.2 Å². The largest absolute Gasteiger partial charge is 0.399 e. The number of benzene rings is 1. The van der Waals surface area contributed by atoms with E-state index in [0.717, 1.165) is 12.0 Å². The van der Waals surface area contributed by atoms with E-state index in [9.17, 15) is 9.90 Å². The van der Waals surface area contributed by atoms with Gasteiger partial charge in [-0.2, -0.15) is 0 Å². The zero-order valence-electron chi connectivity index (χ0n) is 11.9. The van der Waals surface area contributed by atoms with Crippen molar-refractivity contribution in [2.75, 3.05) is 12.3 Å². The Morgan fingerprint density at radius 2 is 2.05 bits per heavy atom. The number of amides is 1. The summed E-state index contributed by atoms with van der Waals surface area (Å²) < 4.78 is 0. The Morgan fingerprint density at radius 3 is 2.58 bits per heavy atom. The van der Waals surface area contributed by atoms with Crippen LogP contribution in [-0.4, -0.2) is 23.7 Å². The van der Waals surface area contributed by atoms with Crippen LogP contribution in [-0.2, 0) is 4.79 Å². The quantitative estimate of drug-likeness (QED) is 0.687. The lowest BCUT2D eigenvalue weighted by atomic mass is 9.98. The first kappa shape index (κ1) is 15.5. The lowest BCUT2D eigenvalue weighted by Crippen LogP contribution is -2.40. The van der Waals surface area contributed by atoms with E-state index in [1.807, 2.05) is 19.1 Å². The van der Waals surface area contributed by atoms with Crippen molar-refractivity contribution in [2.45, 2.75) is 39.2 Å². The molecule has 4 nitrogen and oxygen atoms in total. The molecule has 2 atom stereocenters. The van der Waals surface area contributed by atoms with Crippen LogP contribution in [0.25, 0.3) is 0 Å². The van der Waals surface area contributed by atoms with E-state index in [2.05, 4.69) is 19.2 Å². The summed E-state index contributed by atoms with van der Waals surface area (Å²) in [7, 11) is 0. The molecule has 106 valence electrons. The average molecular weight is 264 g/mol. The molecule has 4 heteroatoms. The second kappa shape index (κ2) is 7.14. The molecule has 0 heterocycles. The van der Waals surface area contributed by atoms with Gasteiger partial charge in [-0.15, -0.1) is 0 Å². The van der Waals surface area contributed by atoms with E-state index in [-0.39, 0.29) is 24.5 Å². The molecule has 19 heavy (non-hydrogen) atoms. The summed E-state index contributed by atoms with van der Waals surface area (Å²) in [5, 5.41) is 12.2. The third-order valence-electron chi connectivity index (χ3n) is 3.13. The van der Waals surface area contributed by atoms with Crippen LogP contribution in [0.15, 0.2) is 24.3 Å². The normalized spacial score (nSPS) is 14.2. The second-order valence-electron chi connectivity index (χ2n) is 5.41. The van der Waals surface area contributed by atoms with Crippen molar-refractivity contribution in [2.24, 2.45) is 5.92 Å². The van der Waals surface area contributed by atoms with Gasteiger partial charge in [0.25, 0.3) is 0 Å². The first-order valence-corrected chi connectivity index (χ1v) is 6.70. The average Bonchev–Trinajstić information content (AvgIpc) is 2.36. The van der Waals surface area contributed by atoms with Crippen LogP contribution in [0.3, 0.4) is 0 Å². The fourth-order valence-corrected chi connectivity index (χ4v) is 2.05. The number of carbonyl (C=O) groups excluding carboxylic acids is 1. The van der Waals surface area contributed by atoms with Crippen molar-refractivity contribution in [3.63, 3.8) is 0 Å². The summed E-state index contributed by atoms with van der Waals surface area (Å²) in [6, 6.07) is 7.14. The molecule has 1 amide bonds. The van der Waals surface area contributed by atoms with E-state index < -0.39 is 0 Å². The molecule has 4 N–H and O–H groups in total. The SMILES string of the molecule is CC(C)CC(CO)NC(=O)C(C)c1cccc(N)c1. The Balaban J connectivity index is 2.66. The molecular weight excluding hydrogens is 240 g/mol. The van der Waals surface area contributed by atoms with Crippen molar-refractivity contribution in [1.82, 2.24) is 5.32 Å². The maximum Gasteiger partial charge on any atom is 0.227 e. The number of hydrogen-bond donors (Lipinski definition) is 3. The number of nitrogens with one attached hydrogen (secondary N) is 1. The number of hydrogen-bond acceptors (Lipinski definition) is 3.